The van der Waals surface area contributed by atoms with Crippen LogP contribution in [0.2, 0.25) is 0 Å². The van der Waals surface area contributed by atoms with Gasteiger partial charge in [0, 0.05) is 39.3 Å². The number of guanidine groups is 1. The molecule has 0 saturated carbocycles. The van der Waals surface area contributed by atoms with Gasteiger partial charge in [0.1, 0.15) is 5.75 Å². The topological polar surface area (TPSA) is 83.2 Å². The lowest BCUT2D eigenvalue weighted by molar-refractivity contribution is -0.119. The van der Waals surface area contributed by atoms with E-state index >= 15 is 0 Å². The van der Waals surface area contributed by atoms with Gasteiger partial charge in [-0.25, -0.2) is 4.99 Å². The van der Waals surface area contributed by atoms with Gasteiger partial charge in [-0.15, -0.1) is 0 Å². The summed E-state index contributed by atoms with van der Waals surface area (Å²) in [5, 5.41) is 3.41. The van der Waals surface area contributed by atoms with Gasteiger partial charge in [-0.05, 0) is 30.2 Å². The van der Waals surface area contributed by atoms with E-state index in [-0.39, 0.29) is 6.61 Å². The molecule has 0 unspecified atom stereocenters. The number of aliphatic imine (C=N–C) groups is 1. The first kappa shape index (κ1) is 21.6. The SMILES string of the molecule is CCNC(=NCc1cccc(OCC(N)=O)c1)N1CCN(Cc2ccccc2)CC1. The van der Waals surface area contributed by atoms with Gasteiger partial charge in [-0.2, -0.15) is 0 Å². The second kappa shape index (κ2) is 11.2. The Morgan fingerprint density at radius 1 is 1.07 bits per heavy atom. The highest BCUT2D eigenvalue weighted by Crippen LogP contribution is 2.14. The van der Waals surface area contributed by atoms with Crippen molar-refractivity contribution in [2.24, 2.45) is 10.7 Å². The molecule has 160 valence electrons. The molecule has 3 rings (SSSR count). The summed E-state index contributed by atoms with van der Waals surface area (Å²) in [6.45, 7) is 8.22. The number of ether oxygens (including phenoxy) is 1. The lowest BCUT2D eigenvalue weighted by Gasteiger charge is -2.36. The van der Waals surface area contributed by atoms with Crippen molar-refractivity contribution in [3.8, 4) is 5.75 Å². The van der Waals surface area contributed by atoms with Crippen LogP contribution in [-0.4, -0.2) is 61.0 Å². The molecule has 0 spiro atoms. The van der Waals surface area contributed by atoms with Crippen LogP contribution in [0.3, 0.4) is 0 Å². The largest absolute Gasteiger partial charge is 0.484 e. The number of nitrogens with one attached hydrogen (secondary N) is 1. The molecule has 0 bridgehead atoms. The molecule has 1 fully saturated rings. The number of hydrogen-bond donors (Lipinski definition) is 2. The van der Waals surface area contributed by atoms with Gasteiger partial charge in [0.25, 0.3) is 5.91 Å². The number of hydrogen-bond acceptors (Lipinski definition) is 4. The quantitative estimate of drug-likeness (QED) is 0.513. The summed E-state index contributed by atoms with van der Waals surface area (Å²) >= 11 is 0. The Morgan fingerprint density at radius 2 is 1.80 bits per heavy atom. The molecule has 0 atom stereocenters. The highest BCUT2D eigenvalue weighted by molar-refractivity contribution is 5.80. The molecule has 2 aromatic carbocycles. The summed E-state index contributed by atoms with van der Waals surface area (Å²) in [5.41, 5.74) is 7.52. The molecule has 0 aromatic heterocycles. The highest BCUT2D eigenvalue weighted by Gasteiger charge is 2.19. The summed E-state index contributed by atoms with van der Waals surface area (Å²) in [7, 11) is 0. The second-order valence-corrected chi connectivity index (χ2v) is 7.32. The van der Waals surface area contributed by atoms with E-state index in [1.807, 2.05) is 24.3 Å². The van der Waals surface area contributed by atoms with Crippen molar-refractivity contribution in [2.75, 3.05) is 39.3 Å². The Balaban J connectivity index is 1.56. The van der Waals surface area contributed by atoms with Crippen molar-refractivity contribution >= 4 is 11.9 Å². The predicted octanol–water partition coefficient (Wildman–Crippen LogP) is 1.83. The molecule has 1 saturated heterocycles. The van der Waals surface area contributed by atoms with Crippen LogP contribution in [0.15, 0.2) is 59.6 Å². The Kier molecular flexibility index (Phi) is 8.09. The van der Waals surface area contributed by atoms with Crippen molar-refractivity contribution in [2.45, 2.75) is 20.0 Å². The number of carbonyl (C=O) groups excluding carboxylic acids is 1. The Hall–Kier alpha value is -3.06. The van der Waals surface area contributed by atoms with Crippen LogP contribution >= 0.6 is 0 Å². The highest BCUT2D eigenvalue weighted by atomic mass is 16.5. The van der Waals surface area contributed by atoms with Gasteiger partial charge in [0.2, 0.25) is 0 Å². The van der Waals surface area contributed by atoms with Crippen LogP contribution in [-0.2, 0) is 17.9 Å². The predicted molar refractivity (Wildman–Crippen MR) is 119 cm³/mol. The Morgan fingerprint density at radius 3 is 2.50 bits per heavy atom. The molecule has 7 nitrogen and oxygen atoms in total. The molecular formula is C23H31N5O2. The van der Waals surface area contributed by atoms with Gasteiger partial charge in [0.05, 0.1) is 6.54 Å². The van der Waals surface area contributed by atoms with Crippen molar-refractivity contribution < 1.29 is 9.53 Å². The zero-order chi connectivity index (χ0) is 21.2. The zero-order valence-corrected chi connectivity index (χ0v) is 17.6. The number of nitrogens with two attached hydrogens (primary N) is 1. The van der Waals surface area contributed by atoms with Gasteiger partial charge < -0.3 is 20.7 Å². The summed E-state index contributed by atoms with van der Waals surface area (Å²) in [6.07, 6.45) is 0. The summed E-state index contributed by atoms with van der Waals surface area (Å²) in [5.74, 6) is 1.07. The lowest BCUT2D eigenvalue weighted by atomic mass is 10.2. The molecule has 30 heavy (non-hydrogen) atoms. The van der Waals surface area contributed by atoms with Crippen LogP contribution in [0, 0.1) is 0 Å². The normalized spacial score (nSPS) is 15.1. The smallest absolute Gasteiger partial charge is 0.255 e. The first-order valence-electron chi connectivity index (χ1n) is 10.4. The maximum absolute atomic E-state index is 10.9. The third-order valence-electron chi connectivity index (χ3n) is 4.95. The summed E-state index contributed by atoms with van der Waals surface area (Å²) in [6, 6.07) is 18.2. The third kappa shape index (κ3) is 6.77. The number of primary amides is 1. The minimum Gasteiger partial charge on any atom is -0.484 e. The van der Waals surface area contributed by atoms with Gasteiger partial charge in [-0.1, -0.05) is 42.5 Å². The Bertz CT molecular complexity index is 832. The van der Waals surface area contributed by atoms with Crippen molar-refractivity contribution in [3.63, 3.8) is 0 Å². The monoisotopic (exact) mass is 409 g/mol. The van der Waals surface area contributed by atoms with E-state index in [1.54, 1.807) is 0 Å². The van der Waals surface area contributed by atoms with Crippen LogP contribution in [0.4, 0.5) is 0 Å². The average molecular weight is 410 g/mol. The number of piperazine rings is 1. The molecule has 1 heterocycles. The van der Waals surface area contributed by atoms with Crippen LogP contribution in [0.5, 0.6) is 5.75 Å². The minimum atomic E-state index is -0.487. The maximum atomic E-state index is 10.9. The van der Waals surface area contributed by atoms with Crippen molar-refractivity contribution in [3.05, 3.63) is 65.7 Å². The molecule has 2 aromatic rings. The number of amides is 1. The van der Waals surface area contributed by atoms with Gasteiger partial charge >= 0.3 is 0 Å². The van der Waals surface area contributed by atoms with E-state index in [2.05, 4.69) is 52.4 Å². The zero-order valence-electron chi connectivity index (χ0n) is 17.6. The maximum Gasteiger partial charge on any atom is 0.255 e. The molecule has 3 N–H and O–H groups in total. The summed E-state index contributed by atoms with van der Waals surface area (Å²) < 4.78 is 5.38. The lowest BCUT2D eigenvalue weighted by Crippen LogP contribution is -2.52. The Labute approximate surface area is 178 Å². The summed E-state index contributed by atoms with van der Waals surface area (Å²) in [4.78, 5) is 20.5. The number of carbonyl (C=O) groups is 1. The average Bonchev–Trinajstić information content (AvgIpc) is 2.77. The number of benzene rings is 2. The van der Waals surface area contributed by atoms with Crippen LogP contribution in [0.25, 0.3) is 0 Å². The van der Waals surface area contributed by atoms with E-state index in [1.165, 1.54) is 5.56 Å². The fourth-order valence-electron chi connectivity index (χ4n) is 3.44. The van der Waals surface area contributed by atoms with E-state index < -0.39 is 5.91 Å². The first-order chi connectivity index (χ1) is 14.6. The molecule has 0 radical (unpaired) electrons. The number of nitrogens with zero attached hydrogens (tertiary/aromatic N) is 3. The number of rotatable bonds is 8. The third-order valence-corrected chi connectivity index (χ3v) is 4.95. The molecule has 1 aliphatic rings. The molecule has 0 aliphatic carbocycles. The van der Waals surface area contributed by atoms with E-state index in [0.717, 1.165) is 50.8 Å². The van der Waals surface area contributed by atoms with E-state index in [4.69, 9.17) is 15.5 Å². The molecule has 7 heteroatoms. The van der Waals surface area contributed by atoms with Gasteiger partial charge in [-0.3, -0.25) is 9.69 Å². The molecule has 1 aliphatic heterocycles. The van der Waals surface area contributed by atoms with Crippen molar-refractivity contribution in [1.29, 1.82) is 0 Å². The van der Waals surface area contributed by atoms with E-state index in [0.29, 0.717) is 12.3 Å². The minimum absolute atomic E-state index is 0.122. The van der Waals surface area contributed by atoms with Gasteiger partial charge in [0.15, 0.2) is 12.6 Å². The standard InChI is InChI=1S/C23H31N5O2/c1-2-25-23(26-16-20-9-6-10-21(15-20)30-18-22(24)29)28-13-11-27(12-14-28)17-19-7-4-3-5-8-19/h3-10,15H,2,11-14,16-18H2,1H3,(H2,24,29)(H,25,26). The fourth-order valence-corrected chi connectivity index (χ4v) is 3.44. The van der Waals surface area contributed by atoms with Crippen LogP contribution in [0.1, 0.15) is 18.1 Å². The van der Waals surface area contributed by atoms with E-state index in [9.17, 15) is 4.79 Å². The fraction of sp³-hybridized carbons (Fsp3) is 0.391. The molecule has 1 amide bonds. The van der Waals surface area contributed by atoms with Crippen molar-refractivity contribution in [1.82, 2.24) is 15.1 Å². The second-order valence-electron chi connectivity index (χ2n) is 7.32. The first-order valence-corrected chi connectivity index (χ1v) is 10.4. The van der Waals surface area contributed by atoms with Crippen LogP contribution < -0.4 is 15.8 Å². The molecular weight excluding hydrogens is 378 g/mol.